The first kappa shape index (κ1) is 22.6. The van der Waals surface area contributed by atoms with E-state index in [4.69, 9.17) is 0 Å². The van der Waals surface area contributed by atoms with Gasteiger partial charge in [0.05, 0.1) is 11.0 Å². The third kappa shape index (κ3) is 4.37. The number of hydrogen-bond donors (Lipinski definition) is 0. The van der Waals surface area contributed by atoms with Gasteiger partial charge in [0.25, 0.3) is 0 Å². The topological polar surface area (TPSA) is 83.0 Å². The first-order valence-electron chi connectivity index (χ1n) is 9.31. The molecule has 2 heterocycles. The maximum atomic E-state index is 11.8. The summed E-state index contributed by atoms with van der Waals surface area (Å²) in [5.41, 5.74) is 4.34. The minimum atomic E-state index is -4.74. The van der Waals surface area contributed by atoms with Gasteiger partial charge in [-0.2, -0.15) is 0 Å². The van der Waals surface area contributed by atoms with Crippen molar-refractivity contribution in [2.45, 2.75) is 5.03 Å². The number of pyridine rings is 2. The Bertz CT molecular complexity index is 1510. The summed E-state index contributed by atoms with van der Waals surface area (Å²) in [6.45, 7) is 0. The molecule has 5 aromatic rings. The SMILES string of the molecule is O=S(=O)([O-])c1cc(-c2ccccc2)c2ccc3c(-c4ccccc4)ccnc3c2n1.[Cs+]. The predicted octanol–water partition coefficient (Wildman–Crippen LogP) is 2.03. The number of nitrogens with zero attached hydrogens (tertiary/aromatic N) is 2. The van der Waals surface area contributed by atoms with E-state index in [1.54, 1.807) is 6.20 Å². The average Bonchev–Trinajstić information content (AvgIpc) is 2.78. The molecule has 0 saturated carbocycles. The molecule has 7 heteroatoms. The number of aromatic nitrogens is 2. The molecule has 0 fully saturated rings. The monoisotopic (exact) mass is 544 g/mol. The van der Waals surface area contributed by atoms with E-state index in [2.05, 4.69) is 9.97 Å². The van der Waals surface area contributed by atoms with Crippen LogP contribution >= 0.6 is 0 Å². The Morgan fingerprint density at radius 2 is 1.23 bits per heavy atom. The summed E-state index contributed by atoms with van der Waals surface area (Å²) in [5, 5.41) is 1.07. The Labute approximate surface area is 238 Å². The maximum Gasteiger partial charge on any atom is 1.00 e. The van der Waals surface area contributed by atoms with Crippen molar-refractivity contribution in [3.8, 4) is 22.3 Å². The van der Waals surface area contributed by atoms with Gasteiger partial charge in [0.2, 0.25) is 0 Å². The fraction of sp³-hybridized carbons (Fsp3) is 0. The Balaban J connectivity index is 0.00000231. The van der Waals surface area contributed by atoms with Crippen LogP contribution in [-0.2, 0) is 10.1 Å². The van der Waals surface area contributed by atoms with E-state index >= 15 is 0 Å². The zero-order valence-electron chi connectivity index (χ0n) is 16.7. The van der Waals surface area contributed by atoms with Gasteiger partial charge in [0.1, 0.15) is 15.1 Å². The fourth-order valence-electron chi connectivity index (χ4n) is 3.73. The van der Waals surface area contributed by atoms with Crippen LogP contribution in [0.1, 0.15) is 0 Å². The van der Waals surface area contributed by atoms with E-state index in [0.29, 0.717) is 16.6 Å². The molecular weight excluding hydrogens is 529 g/mol. The van der Waals surface area contributed by atoms with E-state index in [9.17, 15) is 13.0 Å². The summed E-state index contributed by atoms with van der Waals surface area (Å²) in [6.07, 6.45) is 1.67. The van der Waals surface area contributed by atoms with Gasteiger partial charge < -0.3 is 4.55 Å². The summed E-state index contributed by atoms with van der Waals surface area (Å²) >= 11 is 0. The van der Waals surface area contributed by atoms with E-state index in [1.165, 1.54) is 6.07 Å². The van der Waals surface area contributed by atoms with Crippen LogP contribution in [0, 0.1) is 0 Å². The van der Waals surface area contributed by atoms with Crippen LogP contribution in [0.3, 0.4) is 0 Å². The van der Waals surface area contributed by atoms with E-state index in [1.807, 2.05) is 78.9 Å². The fourth-order valence-corrected chi connectivity index (χ4v) is 4.20. The molecule has 0 atom stereocenters. The maximum absolute atomic E-state index is 11.8. The van der Waals surface area contributed by atoms with Crippen molar-refractivity contribution in [1.82, 2.24) is 9.97 Å². The van der Waals surface area contributed by atoms with Crippen LogP contribution in [-0.4, -0.2) is 22.9 Å². The van der Waals surface area contributed by atoms with Crippen LogP contribution in [0.15, 0.2) is 96.2 Å². The van der Waals surface area contributed by atoms with Gasteiger partial charge in [-0.15, -0.1) is 0 Å². The molecule has 5 nitrogen and oxygen atoms in total. The standard InChI is InChI=1S/C24H16N2O3S.Cs/c27-30(28,29)22-15-21(17-9-5-2-6-10-17)20-12-11-19-18(16-7-3-1-4-8-16)13-14-25-23(19)24(20)26-22;/h1-15H,(H,27,28,29);/q;+1/p-1. The third-order valence-electron chi connectivity index (χ3n) is 5.09. The molecule has 3 aromatic carbocycles. The quantitative estimate of drug-likeness (QED) is 0.257. The molecule has 31 heavy (non-hydrogen) atoms. The Kier molecular flexibility index (Phi) is 6.66. The molecule has 0 aliphatic heterocycles. The van der Waals surface area contributed by atoms with Crippen LogP contribution in [0.5, 0.6) is 0 Å². The zero-order chi connectivity index (χ0) is 20.7. The zero-order valence-corrected chi connectivity index (χ0v) is 23.8. The van der Waals surface area contributed by atoms with Crippen LogP contribution in [0.25, 0.3) is 44.1 Å². The van der Waals surface area contributed by atoms with Crippen molar-refractivity contribution < 1.29 is 81.9 Å². The predicted molar refractivity (Wildman–Crippen MR) is 116 cm³/mol. The van der Waals surface area contributed by atoms with Crippen LogP contribution in [0.4, 0.5) is 0 Å². The largest absolute Gasteiger partial charge is 1.00 e. The number of fused-ring (bicyclic) bond motifs is 3. The second-order valence-electron chi connectivity index (χ2n) is 6.91. The third-order valence-corrected chi connectivity index (χ3v) is 5.81. The molecule has 0 spiro atoms. The molecule has 0 saturated heterocycles. The van der Waals surface area contributed by atoms with Crippen molar-refractivity contribution >= 4 is 31.9 Å². The minimum absolute atomic E-state index is 0. The number of rotatable bonds is 3. The van der Waals surface area contributed by atoms with Gasteiger partial charge in [-0.3, -0.25) is 4.98 Å². The Morgan fingerprint density at radius 3 is 1.81 bits per heavy atom. The molecule has 5 rings (SSSR count). The Hall–Kier alpha value is -1.56. The van der Waals surface area contributed by atoms with Crippen molar-refractivity contribution in [3.63, 3.8) is 0 Å². The number of benzene rings is 3. The summed E-state index contributed by atoms with van der Waals surface area (Å²) in [4.78, 5) is 8.73. The minimum Gasteiger partial charge on any atom is -0.743 e. The molecule has 0 aliphatic carbocycles. The molecule has 0 aliphatic rings. The van der Waals surface area contributed by atoms with Gasteiger partial charge in [0, 0.05) is 17.0 Å². The molecule has 0 unspecified atom stereocenters. The van der Waals surface area contributed by atoms with Crippen LogP contribution < -0.4 is 68.9 Å². The van der Waals surface area contributed by atoms with E-state index in [-0.39, 0.29) is 68.9 Å². The molecule has 0 N–H and O–H groups in total. The molecular formula is C24H15CsN2O3S. The van der Waals surface area contributed by atoms with E-state index in [0.717, 1.165) is 27.5 Å². The normalized spacial score (nSPS) is 11.4. The molecule has 146 valence electrons. The first-order chi connectivity index (χ1) is 14.5. The van der Waals surface area contributed by atoms with E-state index < -0.39 is 15.1 Å². The van der Waals surface area contributed by atoms with Crippen LogP contribution in [0.2, 0.25) is 0 Å². The van der Waals surface area contributed by atoms with Gasteiger partial charge in [-0.25, -0.2) is 13.4 Å². The van der Waals surface area contributed by atoms with Crippen molar-refractivity contribution in [1.29, 1.82) is 0 Å². The smallest absolute Gasteiger partial charge is 0.743 e. The first-order valence-corrected chi connectivity index (χ1v) is 10.7. The summed E-state index contributed by atoms with van der Waals surface area (Å²) in [7, 11) is -4.74. The molecule has 2 aromatic heterocycles. The summed E-state index contributed by atoms with van der Waals surface area (Å²) < 4.78 is 35.5. The van der Waals surface area contributed by atoms with Gasteiger partial charge in [-0.1, -0.05) is 72.8 Å². The van der Waals surface area contributed by atoms with Crippen molar-refractivity contribution in [2.24, 2.45) is 0 Å². The van der Waals surface area contributed by atoms with Crippen molar-refractivity contribution in [2.75, 3.05) is 0 Å². The second kappa shape index (κ2) is 9.13. The average molecular weight is 544 g/mol. The van der Waals surface area contributed by atoms with Gasteiger partial charge >= 0.3 is 68.9 Å². The molecule has 0 radical (unpaired) electrons. The molecule has 0 amide bonds. The number of hydrogen-bond acceptors (Lipinski definition) is 5. The summed E-state index contributed by atoms with van der Waals surface area (Å²) in [5.74, 6) is 0. The van der Waals surface area contributed by atoms with Crippen molar-refractivity contribution in [3.05, 3.63) is 91.1 Å². The molecule has 0 bridgehead atoms. The van der Waals surface area contributed by atoms with Gasteiger partial charge in [-0.05, 0) is 34.4 Å². The Morgan fingerprint density at radius 1 is 0.677 bits per heavy atom. The van der Waals surface area contributed by atoms with Gasteiger partial charge in [0.15, 0.2) is 0 Å². The second-order valence-corrected chi connectivity index (χ2v) is 8.24. The summed E-state index contributed by atoms with van der Waals surface area (Å²) in [6, 6.07) is 26.3.